The lowest BCUT2D eigenvalue weighted by Crippen LogP contribution is -2.00. The number of rotatable bonds is 2. The van der Waals surface area contributed by atoms with Gasteiger partial charge in [0.25, 0.3) is 0 Å². The largest absolute Gasteiger partial charge is 0.383 e. The van der Waals surface area contributed by atoms with Crippen LogP contribution in [0.1, 0.15) is 25.5 Å². The first-order valence-electron chi connectivity index (χ1n) is 5.81. The van der Waals surface area contributed by atoms with Crippen molar-refractivity contribution in [2.24, 2.45) is 0 Å². The van der Waals surface area contributed by atoms with Crippen LogP contribution in [0.5, 0.6) is 0 Å². The zero-order chi connectivity index (χ0) is 12.7. The second kappa shape index (κ2) is 3.83. The van der Waals surface area contributed by atoms with Gasteiger partial charge in [-0.1, -0.05) is 13.8 Å². The number of hydrogen-bond donors (Lipinski definition) is 2. The fourth-order valence-corrected chi connectivity index (χ4v) is 2.02. The minimum absolute atomic E-state index is 0.283. The maximum Gasteiger partial charge on any atom is 0.186 e. The maximum atomic E-state index is 5.92. The number of H-pyrrole nitrogens is 1. The Kier molecular flexibility index (Phi) is 2.29. The molecule has 0 amide bonds. The predicted octanol–water partition coefficient (Wildman–Crippen LogP) is 1.85. The molecule has 0 radical (unpaired) electrons. The van der Waals surface area contributed by atoms with Crippen molar-refractivity contribution in [3.05, 3.63) is 30.2 Å². The number of nitrogens with one attached hydrogen (secondary N) is 1. The number of hydrogen-bond acceptors (Lipinski definition) is 4. The summed E-state index contributed by atoms with van der Waals surface area (Å²) in [5.41, 5.74) is 8.48. The number of fused-ring (bicyclic) bond motifs is 1. The smallest absolute Gasteiger partial charge is 0.186 e. The molecule has 3 heterocycles. The van der Waals surface area contributed by atoms with Gasteiger partial charge in [0, 0.05) is 6.20 Å². The summed E-state index contributed by atoms with van der Waals surface area (Å²) in [6, 6.07) is 3.81. The van der Waals surface area contributed by atoms with Crippen LogP contribution in [0, 0.1) is 0 Å². The second-order valence-electron chi connectivity index (χ2n) is 4.50. The fourth-order valence-electron chi connectivity index (χ4n) is 2.02. The second-order valence-corrected chi connectivity index (χ2v) is 4.50. The molecule has 3 aromatic rings. The highest BCUT2D eigenvalue weighted by atomic mass is 15.4. The molecule has 6 heteroatoms. The van der Waals surface area contributed by atoms with Gasteiger partial charge in [-0.15, -0.1) is 0 Å². The number of nitrogens with zero attached hydrogens (tertiary/aromatic N) is 4. The summed E-state index contributed by atoms with van der Waals surface area (Å²) in [5.74, 6) is 0.842. The zero-order valence-electron chi connectivity index (χ0n) is 10.3. The van der Waals surface area contributed by atoms with Gasteiger partial charge >= 0.3 is 0 Å². The molecular formula is C12H14N6. The van der Waals surface area contributed by atoms with Crippen molar-refractivity contribution < 1.29 is 0 Å². The van der Waals surface area contributed by atoms with E-state index in [0.29, 0.717) is 5.82 Å². The highest BCUT2D eigenvalue weighted by molar-refractivity contribution is 5.90. The minimum Gasteiger partial charge on any atom is -0.383 e. The summed E-state index contributed by atoms with van der Waals surface area (Å²) in [4.78, 5) is 4.10. The van der Waals surface area contributed by atoms with Crippen LogP contribution in [0.15, 0.2) is 24.5 Å². The molecule has 0 atom stereocenters. The van der Waals surface area contributed by atoms with Crippen molar-refractivity contribution in [3.63, 3.8) is 0 Å². The lowest BCUT2D eigenvalue weighted by Gasteiger charge is -2.01. The maximum absolute atomic E-state index is 5.92. The third kappa shape index (κ3) is 1.46. The third-order valence-corrected chi connectivity index (χ3v) is 2.88. The van der Waals surface area contributed by atoms with E-state index in [1.165, 1.54) is 0 Å². The molecule has 3 N–H and O–H groups in total. The van der Waals surface area contributed by atoms with Crippen LogP contribution in [-0.4, -0.2) is 25.0 Å². The van der Waals surface area contributed by atoms with Gasteiger partial charge in [-0.2, -0.15) is 10.2 Å². The Labute approximate surface area is 104 Å². The van der Waals surface area contributed by atoms with E-state index in [2.05, 4.69) is 34.1 Å². The summed E-state index contributed by atoms with van der Waals surface area (Å²) in [7, 11) is 0. The molecule has 6 nitrogen and oxygen atoms in total. The number of aromatic nitrogens is 5. The quantitative estimate of drug-likeness (QED) is 0.718. The van der Waals surface area contributed by atoms with Gasteiger partial charge < -0.3 is 5.73 Å². The Morgan fingerprint density at radius 3 is 2.89 bits per heavy atom. The van der Waals surface area contributed by atoms with Crippen LogP contribution in [0.4, 0.5) is 5.82 Å². The van der Waals surface area contributed by atoms with Crippen molar-refractivity contribution in [2.75, 3.05) is 5.73 Å². The van der Waals surface area contributed by atoms with Gasteiger partial charge in [-0.05, 0) is 18.1 Å². The standard InChI is InChI=1S/C12H14N6/c1-7(2)10-9-11(13)15-16-12(9)18(17-10)8-4-3-5-14-6-8/h3-7H,1-2H3,(H3,13,15,16). The van der Waals surface area contributed by atoms with Gasteiger partial charge in [0.05, 0.1) is 23.0 Å². The topological polar surface area (TPSA) is 85.4 Å². The van der Waals surface area contributed by atoms with E-state index in [4.69, 9.17) is 5.73 Å². The molecular weight excluding hydrogens is 228 g/mol. The molecule has 0 fully saturated rings. The summed E-state index contributed by atoms with van der Waals surface area (Å²) in [6.07, 6.45) is 3.48. The number of aromatic amines is 1. The lowest BCUT2D eigenvalue weighted by atomic mass is 10.1. The van der Waals surface area contributed by atoms with E-state index in [0.717, 1.165) is 22.4 Å². The number of anilines is 1. The SMILES string of the molecule is CC(C)c1nn(-c2cccnc2)c2n[nH]c(N)c12. The Balaban J connectivity index is 2.31. The third-order valence-electron chi connectivity index (χ3n) is 2.88. The van der Waals surface area contributed by atoms with Crippen LogP contribution < -0.4 is 5.73 Å². The summed E-state index contributed by atoms with van der Waals surface area (Å²) >= 11 is 0. The van der Waals surface area contributed by atoms with Crippen LogP contribution >= 0.6 is 0 Å². The molecule has 0 saturated heterocycles. The van der Waals surface area contributed by atoms with Gasteiger partial charge in [-0.3, -0.25) is 10.1 Å². The van der Waals surface area contributed by atoms with E-state index in [-0.39, 0.29) is 5.92 Å². The monoisotopic (exact) mass is 242 g/mol. The van der Waals surface area contributed by atoms with E-state index in [9.17, 15) is 0 Å². The zero-order valence-corrected chi connectivity index (χ0v) is 10.3. The molecule has 0 unspecified atom stereocenters. The van der Waals surface area contributed by atoms with E-state index >= 15 is 0 Å². The number of pyridine rings is 1. The molecule has 18 heavy (non-hydrogen) atoms. The minimum atomic E-state index is 0.283. The molecule has 92 valence electrons. The van der Waals surface area contributed by atoms with E-state index in [1.807, 2.05) is 12.1 Å². The van der Waals surface area contributed by atoms with Crippen molar-refractivity contribution in [1.29, 1.82) is 0 Å². The summed E-state index contributed by atoms with van der Waals surface area (Å²) in [6.45, 7) is 4.17. The normalized spacial score (nSPS) is 11.5. The molecule has 0 bridgehead atoms. The van der Waals surface area contributed by atoms with Crippen molar-refractivity contribution in [3.8, 4) is 5.69 Å². The van der Waals surface area contributed by atoms with Gasteiger partial charge in [0.1, 0.15) is 5.82 Å². The molecule has 0 spiro atoms. The number of nitrogens with two attached hydrogens (primary N) is 1. The average molecular weight is 242 g/mol. The first-order valence-corrected chi connectivity index (χ1v) is 5.81. The molecule has 0 aromatic carbocycles. The molecule has 3 aromatic heterocycles. The van der Waals surface area contributed by atoms with E-state index in [1.54, 1.807) is 17.1 Å². The van der Waals surface area contributed by atoms with Crippen molar-refractivity contribution in [1.82, 2.24) is 25.0 Å². The van der Waals surface area contributed by atoms with Crippen LogP contribution in [0.25, 0.3) is 16.7 Å². The van der Waals surface area contributed by atoms with E-state index < -0.39 is 0 Å². The highest BCUT2D eigenvalue weighted by Gasteiger charge is 2.19. The predicted molar refractivity (Wildman–Crippen MR) is 69.5 cm³/mol. The van der Waals surface area contributed by atoms with Gasteiger partial charge in [0.2, 0.25) is 0 Å². The van der Waals surface area contributed by atoms with Crippen molar-refractivity contribution >= 4 is 16.9 Å². The Hall–Kier alpha value is -2.37. The molecule has 0 aliphatic rings. The first-order chi connectivity index (χ1) is 8.68. The Bertz CT molecular complexity index is 679. The average Bonchev–Trinajstić information content (AvgIpc) is 2.92. The van der Waals surface area contributed by atoms with Crippen LogP contribution in [-0.2, 0) is 0 Å². The van der Waals surface area contributed by atoms with Crippen LogP contribution in [0.2, 0.25) is 0 Å². The molecule has 3 rings (SSSR count). The van der Waals surface area contributed by atoms with Gasteiger partial charge in [0.15, 0.2) is 5.65 Å². The fraction of sp³-hybridized carbons (Fsp3) is 0.250. The van der Waals surface area contributed by atoms with Crippen LogP contribution in [0.3, 0.4) is 0 Å². The lowest BCUT2D eigenvalue weighted by molar-refractivity contribution is 0.770. The first kappa shape index (κ1) is 10.8. The number of nitrogen functional groups attached to an aromatic ring is 1. The molecule has 0 aliphatic heterocycles. The highest BCUT2D eigenvalue weighted by Crippen LogP contribution is 2.29. The Morgan fingerprint density at radius 1 is 1.39 bits per heavy atom. The summed E-state index contributed by atoms with van der Waals surface area (Å²) in [5, 5.41) is 12.5. The van der Waals surface area contributed by atoms with Gasteiger partial charge in [-0.25, -0.2) is 4.68 Å². The Morgan fingerprint density at radius 2 is 2.22 bits per heavy atom. The van der Waals surface area contributed by atoms with Crippen molar-refractivity contribution in [2.45, 2.75) is 19.8 Å². The summed E-state index contributed by atoms with van der Waals surface area (Å²) < 4.78 is 1.77. The molecule has 0 aliphatic carbocycles. The molecule has 0 saturated carbocycles.